The zero-order valence-electron chi connectivity index (χ0n) is 12.5. The van der Waals surface area contributed by atoms with Crippen LogP contribution in [0.15, 0.2) is 46.6 Å². The average molecular weight is 341 g/mol. The fourth-order valence-electron chi connectivity index (χ4n) is 3.10. The highest BCUT2D eigenvalue weighted by molar-refractivity contribution is 7.13. The van der Waals surface area contributed by atoms with E-state index in [0.29, 0.717) is 24.2 Å². The molecule has 0 atom stereocenters. The summed E-state index contributed by atoms with van der Waals surface area (Å²) in [6, 6.07) is 8.87. The summed E-state index contributed by atoms with van der Waals surface area (Å²) in [5, 5.41) is 11.5. The second-order valence-electron chi connectivity index (χ2n) is 5.61. The number of carbonyl (C=O) groups is 1. The lowest BCUT2D eigenvalue weighted by Crippen LogP contribution is -2.29. The van der Waals surface area contributed by atoms with Crippen LogP contribution >= 0.6 is 11.3 Å². The molecule has 2 aromatic heterocycles. The lowest BCUT2D eigenvalue weighted by Gasteiger charge is -2.22. The van der Waals surface area contributed by atoms with E-state index in [2.05, 4.69) is 0 Å². The van der Waals surface area contributed by atoms with Crippen LogP contribution < -0.4 is 5.56 Å². The molecule has 0 amide bonds. The summed E-state index contributed by atoms with van der Waals surface area (Å²) < 4.78 is 14.7. The van der Waals surface area contributed by atoms with Gasteiger partial charge in [0.1, 0.15) is 5.82 Å². The van der Waals surface area contributed by atoms with Crippen LogP contribution in [0.3, 0.4) is 0 Å². The molecule has 3 heterocycles. The molecular weight excluding hydrogens is 329 g/mol. The Morgan fingerprint density at radius 3 is 2.67 bits per heavy atom. The minimum absolute atomic E-state index is 0.0947. The second kappa shape index (κ2) is 5.42. The molecule has 0 aliphatic carbocycles. The number of aromatic nitrogens is 1. The van der Waals surface area contributed by atoms with Gasteiger partial charge < -0.3 is 9.67 Å². The van der Waals surface area contributed by atoms with Crippen LogP contribution in [0.1, 0.15) is 15.9 Å². The van der Waals surface area contributed by atoms with Crippen molar-refractivity contribution >= 4 is 17.3 Å². The van der Waals surface area contributed by atoms with Crippen molar-refractivity contribution in [1.82, 2.24) is 4.57 Å². The van der Waals surface area contributed by atoms with E-state index < -0.39 is 11.8 Å². The Labute approximate surface area is 140 Å². The summed E-state index contributed by atoms with van der Waals surface area (Å²) in [6.45, 7) is 0.438. The van der Waals surface area contributed by atoms with Crippen molar-refractivity contribution in [2.75, 3.05) is 0 Å². The Balaban J connectivity index is 2.04. The number of aryl methyl sites for hydroxylation is 1. The normalized spacial score (nSPS) is 12.5. The van der Waals surface area contributed by atoms with Gasteiger partial charge in [-0.05, 0) is 47.2 Å². The zero-order valence-corrected chi connectivity index (χ0v) is 13.3. The van der Waals surface area contributed by atoms with Crippen LogP contribution in [0.5, 0.6) is 0 Å². The first kappa shape index (κ1) is 14.8. The number of benzene rings is 1. The molecule has 0 saturated heterocycles. The Hall–Kier alpha value is -2.73. The third kappa shape index (κ3) is 2.18. The molecule has 4 rings (SSSR count). The van der Waals surface area contributed by atoms with Gasteiger partial charge in [0, 0.05) is 12.1 Å². The molecule has 0 radical (unpaired) electrons. The zero-order chi connectivity index (χ0) is 16.8. The summed E-state index contributed by atoms with van der Waals surface area (Å²) in [5.74, 6) is -1.48. The van der Waals surface area contributed by atoms with Crippen molar-refractivity contribution in [3.63, 3.8) is 0 Å². The lowest BCUT2D eigenvalue weighted by molar-refractivity contribution is 0.0697. The Morgan fingerprint density at radius 1 is 1.21 bits per heavy atom. The molecule has 0 spiro atoms. The summed E-state index contributed by atoms with van der Waals surface area (Å²) in [5.41, 5.74) is 2.16. The molecule has 0 unspecified atom stereocenters. The molecule has 1 aromatic carbocycles. The van der Waals surface area contributed by atoms with Crippen LogP contribution in [0.25, 0.3) is 21.7 Å². The van der Waals surface area contributed by atoms with Crippen LogP contribution in [-0.4, -0.2) is 15.6 Å². The van der Waals surface area contributed by atoms with E-state index in [9.17, 15) is 19.1 Å². The number of hydrogen-bond donors (Lipinski definition) is 1. The monoisotopic (exact) mass is 341 g/mol. The number of pyridine rings is 1. The van der Waals surface area contributed by atoms with Crippen LogP contribution in [-0.2, 0) is 13.0 Å². The minimum Gasteiger partial charge on any atom is -0.478 e. The Morgan fingerprint density at radius 2 is 1.96 bits per heavy atom. The summed E-state index contributed by atoms with van der Waals surface area (Å²) in [7, 11) is 0. The molecule has 4 nitrogen and oxygen atoms in total. The van der Waals surface area contributed by atoms with E-state index in [1.807, 2.05) is 11.4 Å². The third-order valence-corrected chi connectivity index (χ3v) is 5.20. The van der Waals surface area contributed by atoms with E-state index in [1.165, 1.54) is 46.2 Å². The number of fused-ring (bicyclic) bond motifs is 3. The average Bonchev–Trinajstić information content (AvgIpc) is 3.04. The van der Waals surface area contributed by atoms with Gasteiger partial charge in [-0.3, -0.25) is 4.79 Å². The standard InChI is InChI=1S/C18H12FNO3S/c19-12-3-1-10(2-4-12)13-9-14(18(22)23)15-16-11(6-8-24-16)5-7-20(15)17(13)21/h1-4,6,8-9H,5,7H2,(H,22,23). The number of nitrogens with zero attached hydrogens (tertiary/aromatic N) is 1. The van der Waals surface area contributed by atoms with E-state index in [4.69, 9.17) is 0 Å². The third-order valence-electron chi connectivity index (χ3n) is 4.24. The molecule has 3 aromatic rings. The second-order valence-corrected chi connectivity index (χ2v) is 6.53. The first-order valence-electron chi connectivity index (χ1n) is 7.40. The number of carboxylic acid groups (broad SMARTS) is 1. The first-order chi connectivity index (χ1) is 11.6. The van der Waals surface area contributed by atoms with Gasteiger partial charge in [0.05, 0.1) is 16.1 Å². The SMILES string of the molecule is O=C(O)c1cc(-c2ccc(F)cc2)c(=O)n2c1-c1sccc1CC2. The molecule has 0 saturated carbocycles. The molecule has 0 fully saturated rings. The van der Waals surface area contributed by atoms with Crippen LogP contribution in [0.4, 0.5) is 4.39 Å². The number of aromatic carboxylic acids is 1. The molecule has 1 aliphatic heterocycles. The highest BCUT2D eigenvalue weighted by Crippen LogP contribution is 2.36. The number of thiophene rings is 1. The van der Waals surface area contributed by atoms with Gasteiger partial charge in [0.15, 0.2) is 0 Å². The first-order valence-corrected chi connectivity index (χ1v) is 8.28. The molecule has 1 N–H and O–H groups in total. The van der Waals surface area contributed by atoms with Crippen molar-refractivity contribution in [2.45, 2.75) is 13.0 Å². The fourth-order valence-corrected chi connectivity index (χ4v) is 4.12. The number of halogens is 1. The highest BCUT2D eigenvalue weighted by atomic mass is 32.1. The topological polar surface area (TPSA) is 59.3 Å². The van der Waals surface area contributed by atoms with E-state index in [0.717, 1.165) is 10.4 Å². The highest BCUT2D eigenvalue weighted by Gasteiger charge is 2.26. The predicted molar refractivity (Wildman–Crippen MR) is 90.1 cm³/mol. The molecule has 1 aliphatic rings. The van der Waals surface area contributed by atoms with Gasteiger partial charge in [-0.2, -0.15) is 0 Å². The number of rotatable bonds is 2. The van der Waals surface area contributed by atoms with Gasteiger partial charge in [0.2, 0.25) is 0 Å². The van der Waals surface area contributed by atoms with Crippen LogP contribution in [0, 0.1) is 5.82 Å². The smallest absolute Gasteiger partial charge is 0.337 e. The van der Waals surface area contributed by atoms with Crippen molar-refractivity contribution in [2.24, 2.45) is 0 Å². The molecule has 120 valence electrons. The van der Waals surface area contributed by atoms with Crippen molar-refractivity contribution in [3.8, 4) is 21.7 Å². The number of carboxylic acids is 1. The van der Waals surface area contributed by atoms with Gasteiger partial charge in [-0.25, -0.2) is 9.18 Å². The maximum absolute atomic E-state index is 13.1. The van der Waals surface area contributed by atoms with Gasteiger partial charge in [0.25, 0.3) is 5.56 Å². The minimum atomic E-state index is -1.08. The van der Waals surface area contributed by atoms with E-state index in [-0.39, 0.29) is 16.7 Å². The van der Waals surface area contributed by atoms with Crippen molar-refractivity contribution < 1.29 is 14.3 Å². The molecule has 24 heavy (non-hydrogen) atoms. The largest absolute Gasteiger partial charge is 0.478 e. The molecule has 0 bridgehead atoms. The Kier molecular flexibility index (Phi) is 3.35. The summed E-state index contributed by atoms with van der Waals surface area (Å²) in [6.07, 6.45) is 0.692. The molecule has 6 heteroatoms. The molecular formula is C18H12FNO3S. The predicted octanol–water partition coefficient (Wildman–Crippen LogP) is 3.64. The van der Waals surface area contributed by atoms with E-state index >= 15 is 0 Å². The van der Waals surface area contributed by atoms with Crippen molar-refractivity contribution in [1.29, 1.82) is 0 Å². The number of hydrogen-bond acceptors (Lipinski definition) is 3. The lowest BCUT2D eigenvalue weighted by atomic mass is 9.98. The maximum Gasteiger partial charge on any atom is 0.337 e. The van der Waals surface area contributed by atoms with Gasteiger partial charge in [-0.15, -0.1) is 11.3 Å². The Bertz CT molecular complexity index is 1020. The quantitative estimate of drug-likeness (QED) is 0.774. The van der Waals surface area contributed by atoms with E-state index in [1.54, 1.807) is 0 Å². The summed E-state index contributed by atoms with van der Waals surface area (Å²) in [4.78, 5) is 25.5. The maximum atomic E-state index is 13.1. The fraction of sp³-hybridized carbons (Fsp3) is 0.111. The van der Waals surface area contributed by atoms with Crippen LogP contribution in [0.2, 0.25) is 0 Å². The summed E-state index contributed by atoms with van der Waals surface area (Å²) >= 11 is 1.44. The van der Waals surface area contributed by atoms with Crippen molar-refractivity contribution in [3.05, 3.63) is 69.1 Å². The van der Waals surface area contributed by atoms with Gasteiger partial charge >= 0.3 is 5.97 Å². The van der Waals surface area contributed by atoms with Gasteiger partial charge in [-0.1, -0.05) is 12.1 Å².